The average molecular weight is 339 g/mol. The molecule has 4 nitrogen and oxygen atoms in total. The predicted molar refractivity (Wildman–Crippen MR) is 86.7 cm³/mol. The van der Waals surface area contributed by atoms with Crippen LogP contribution in [0.1, 0.15) is 30.9 Å². The van der Waals surface area contributed by atoms with Crippen LogP contribution in [0.4, 0.5) is 24.7 Å². The smallest absolute Gasteiger partial charge is 0.421 e. The van der Waals surface area contributed by atoms with Gasteiger partial charge in [-0.2, -0.15) is 18.2 Å². The highest BCUT2D eigenvalue weighted by atomic mass is 19.4. The molecule has 0 atom stereocenters. The summed E-state index contributed by atoms with van der Waals surface area (Å²) < 4.78 is 45.3. The van der Waals surface area contributed by atoms with E-state index in [1.807, 2.05) is 26.0 Å². The Hall–Kier alpha value is -2.31. The van der Waals surface area contributed by atoms with E-state index in [1.165, 1.54) is 4.90 Å². The van der Waals surface area contributed by atoms with Gasteiger partial charge in [-0.15, -0.1) is 0 Å². The summed E-state index contributed by atoms with van der Waals surface area (Å²) in [6, 6.07) is 7.13. The van der Waals surface area contributed by atoms with E-state index in [-0.39, 0.29) is 11.8 Å². The monoisotopic (exact) mass is 339 g/mol. The number of benzene rings is 1. The maximum absolute atomic E-state index is 13.3. The molecule has 2 rings (SSSR count). The van der Waals surface area contributed by atoms with E-state index >= 15 is 0 Å². The van der Waals surface area contributed by atoms with Crippen LogP contribution in [-0.2, 0) is 6.18 Å². The van der Waals surface area contributed by atoms with Crippen molar-refractivity contribution in [2.24, 2.45) is 0 Å². The van der Waals surface area contributed by atoms with E-state index in [0.29, 0.717) is 12.3 Å². The molecule has 0 N–H and O–H groups in total. The molecule has 0 aliphatic heterocycles. The maximum Gasteiger partial charge on any atom is 0.421 e. The lowest BCUT2D eigenvalue weighted by Crippen LogP contribution is -2.20. The number of ether oxygens (including phenoxy) is 1. The van der Waals surface area contributed by atoms with Crippen LogP contribution in [0.25, 0.3) is 0 Å². The summed E-state index contributed by atoms with van der Waals surface area (Å²) in [5.41, 5.74) is 0.595. The van der Waals surface area contributed by atoms with Crippen LogP contribution < -0.4 is 9.64 Å². The molecule has 0 aliphatic rings. The zero-order chi connectivity index (χ0) is 17.7. The van der Waals surface area contributed by atoms with Crippen LogP contribution in [0, 0.1) is 6.92 Å². The summed E-state index contributed by atoms with van der Waals surface area (Å²) in [5.74, 6) is -0.224. The topological polar surface area (TPSA) is 38.2 Å². The number of hydrogen-bond acceptors (Lipinski definition) is 4. The van der Waals surface area contributed by atoms with Crippen molar-refractivity contribution >= 4 is 11.5 Å². The van der Waals surface area contributed by atoms with Gasteiger partial charge < -0.3 is 9.64 Å². The molecule has 7 heteroatoms. The molecule has 0 fully saturated rings. The fraction of sp³-hybridized carbons (Fsp3) is 0.412. The van der Waals surface area contributed by atoms with Crippen LogP contribution in [0.5, 0.6) is 6.01 Å². The van der Waals surface area contributed by atoms with Gasteiger partial charge in [-0.1, -0.05) is 31.5 Å². The number of rotatable bonds is 6. The molecule has 0 bridgehead atoms. The van der Waals surface area contributed by atoms with Crippen LogP contribution >= 0.6 is 0 Å². The first-order valence-electron chi connectivity index (χ1n) is 7.71. The molecule has 0 saturated heterocycles. The summed E-state index contributed by atoms with van der Waals surface area (Å²) in [5, 5.41) is 0. The lowest BCUT2D eigenvalue weighted by Gasteiger charge is -2.24. The SMILES string of the molecule is CCCCOc1ncc(C(F)(F)F)c(N(C)c2ccccc2C)n1. The first-order valence-corrected chi connectivity index (χ1v) is 7.71. The van der Waals surface area contributed by atoms with Crippen molar-refractivity contribution < 1.29 is 17.9 Å². The van der Waals surface area contributed by atoms with Gasteiger partial charge in [-0.05, 0) is 25.0 Å². The quantitative estimate of drug-likeness (QED) is 0.712. The molecule has 1 aromatic heterocycles. The third-order valence-corrected chi connectivity index (χ3v) is 3.58. The van der Waals surface area contributed by atoms with E-state index in [1.54, 1.807) is 19.2 Å². The van der Waals surface area contributed by atoms with Gasteiger partial charge in [0.25, 0.3) is 0 Å². The molecule has 0 radical (unpaired) electrons. The lowest BCUT2D eigenvalue weighted by atomic mass is 10.1. The van der Waals surface area contributed by atoms with Crippen LogP contribution in [0.3, 0.4) is 0 Å². The van der Waals surface area contributed by atoms with Gasteiger partial charge in [0.05, 0.1) is 6.61 Å². The number of unbranched alkanes of at least 4 members (excludes halogenated alkanes) is 1. The number of halogens is 3. The Labute approximate surface area is 139 Å². The minimum atomic E-state index is -4.55. The van der Waals surface area contributed by atoms with Crippen LogP contribution in [0.2, 0.25) is 0 Å². The van der Waals surface area contributed by atoms with E-state index in [4.69, 9.17) is 4.74 Å². The largest absolute Gasteiger partial charge is 0.463 e. The summed E-state index contributed by atoms with van der Waals surface area (Å²) >= 11 is 0. The fourth-order valence-corrected chi connectivity index (χ4v) is 2.24. The van der Waals surface area contributed by atoms with E-state index in [9.17, 15) is 13.2 Å². The van der Waals surface area contributed by atoms with Crippen LogP contribution in [-0.4, -0.2) is 23.6 Å². The number of alkyl halides is 3. The van der Waals surface area contributed by atoms with Crippen molar-refractivity contribution in [3.63, 3.8) is 0 Å². The molecule has 130 valence electrons. The molecule has 0 saturated carbocycles. The second-order valence-electron chi connectivity index (χ2n) is 5.44. The minimum Gasteiger partial charge on any atom is -0.463 e. The van der Waals surface area contributed by atoms with Gasteiger partial charge in [-0.25, -0.2) is 4.98 Å². The van der Waals surface area contributed by atoms with Crippen molar-refractivity contribution in [3.05, 3.63) is 41.6 Å². The summed E-state index contributed by atoms with van der Waals surface area (Å²) in [4.78, 5) is 9.11. The van der Waals surface area contributed by atoms with Crippen LogP contribution in [0.15, 0.2) is 30.5 Å². The zero-order valence-electron chi connectivity index (χ0n) is 13.9. The molecular weight excluding hydrogens is 319 g/mol. The minimum absolute atomic E-state index is 0.0492. The molecule has 24 heavy (non-hydrogen) atoms. The predicted octanol–water partition coefficient (Wildman–Crippen LogP) is 4.75. The number of hydrogen-bond donors (Lipinski definition) is 0. The van der Waals surface area contributed by atoms with Gasteiger partial charge in [-0.3, -0.25) is 0 Å². The van der Waals surface area contributed by atoms with E-state index in [2.05, 4.69) is 9.97 Å². The normalized spacial score (nSPS) is 11.4. The fourth-order valence-electron chi connectivity index (χ4n) is 2.24. The summed E-state index contributed by atoms with van der Waals surface area (Å²) in [6.07, 6.45) is -2.07. The third-order valence-electron chi connectivity index (χ3n) is 3.58. The van der Waals surface area contributed by atoms with Crippen molar-refractivity contribution in [3.8, 4) is 6.01 Å². The molecule has 2 aromatic rings. The summed E-state index contributed by atoms with van der Waals surface area (Å²) in [6.45, 7) is 4.20. The number of aryl methyl sites for hydroxylation is 1. The number of anilines is 2. The highest BCUT2D eigenvalue weighted by Crippen LogP contribution is 2.38. The highest BCUT2D eigenvalue weighted by molar-refractivity contribution is 5.65. The molecule has 0 amide bonds. The standard InChI is InChI=1S/C17H20F3N3O/c1-4-5-10-24-16-21-11-13(17(18,19)20)15(22-16)23(3)14-9-7-6-8-12(14)2/h6-9,11H,4-5,10H2,1-3H3. The molecule has 0 aliphatic carbocycles. The van der Waals surface area contributed by atoms with Gasteiger partial charge in [0.1, 0.15) is 5.56 Å². The Kier molecular flexibility index (Phi) is 5.64. The van der Waals surface area contributed by atoms with Gasteiger partial charge in [0.15, 0.2) is 5.82 Å². The Bertz CT molecular complexity index is 689. The second kappa shape index (κ2) is 7.51. The van der Waals surface area contributed by atoms with Gasteiger partial charge in [0.2, 0.25) is 0 Å². The Morgan fingerprint density at radius 1 is 1.21 bits per heavy atom. The highest BCUT2D eigenvalue weighted by Gasteiger charge is 2.37. The second-order valence-corrected chi connectivity index (χ2v) is 5.44. The third kappa shape index (κ3) is 4.15. The van der Waals surface area contributed by atoms with E-state index in [0.717, 1.165) is 24.6 Å². The number of aromatic nitrogens is 2. The Balaban J connectivity index is 2.44. The number of para-hydroxylation sites is 1. The average Bonchev–Trinajstić information content (AvgIpc) is 2.54. The van der Waals surface area contributed by atoms with E-state index < -0.39 is 11.7 Å². The van der Waals surface area contributed by atoms with Crippen molar-refractivity contribution in [2.45, 2.75) is 32.9 Å². The zero-order valence-corrected chi connectivity index (χ0v) is 13.9. The van der Waals surface area contributed by atoms with Crippen molar-refractivity contribution in [1.29, 1.82) is 0 Å². The van der Waals surface area contributed by atoms with Crippen molar-refractivity contribution in [1.82, 2.24) is 9.97 Å². The Morgan fingerprint density at radius 2 is 1.92 bits per heavy atom. The molecular formula is C17H20F3N3O. The first-order chi connectivity index (χ1) is 11.3. The van der Waals surface area contributed by atoms with Crippen molar-refractivity contribution in [2.75, 3.05) is 18.6 Å². The number of nitrogens with zero attached hydrogens (tertiary/aromatic N) is 3. The molecule has 1 heterocycles. The first kappa shape index (κ1) is 18.0. The van der Waals surface area contributed by atoms with Gasteiger partial charge in [0, 0.05) is 18.9 Å². The molecule has 0 spiro atoms. The molecule has 1 aromatic carbocycles. The lowest BCUT2D eigenvalue weighted by molar-refractivity contribution is -0.137. The molecule has 0 unspecified atom stereocenters. The summed E-state index contributed by atoms with van der Waals surface area (Å²) in [7, 11) is 1.55. The Morgan fingerprint density at radius 3 is 2.54 bits per heavy atom. The van der Waals surface area contributed by atoms with Gasteiger partial charge >= 0.3 is 12.2 Å². The maximum atomic E-state index is 13.3.